The van der Waals surface area contributed by atoms with Crippen LogP contribution in [0.1, 0.15) is 6.92 Å². The van der Waals surface area contributed by atoms with Gasteiger partial charge in [0.1, 0.15) is 5.58 Å². The fourth-order valence-electron chi connectivity index (χ4n) is 3.75. The molecule has 3 aromatic heterocycles. The second kappa shape index (κ2) is 6.45. The van der Waals surface area contributed by atoms with Crippen molar-refractivity contribution in [3.8, 4) is 11.3 Å². The van der Waals surface area contributed by atoms with Crippen LogP contribution in [0.2, 0.25) is 0 Å². The summed E-state index contributed by atoms with van der Waals surface area (Å²) in [6, 6.07) is 11.0. The number of aromatic nitrogens is 2. The minimum Gasteiger partial charge on any atom is -0.422 e. The Bertz CT molecular complexity index is 1250. The van der Waals surface area contributed by atoms with Crippen molar-refractivity contribution in [2.75, 3.05) is 24.5 Å². The number of imidazole rings is 1. The van der Waals surface area contributed by atoms with Gasteiger partial charge >= 0.3 is 5.63 Å². The van der Waals surface area contributed by atoms with Crippen molar-refractivity contribution >= 4 is 22.3 Å². The van der Waals surface area contributed by atoms with E-state index in [0.717, 1.165) is 30.7 Å². The highest BCUT2D eigenvalue weighted by molar-refractivity contribution is 5.84. The van der Waals surface area contributed by atoms with Crippen LogP contribution in [0.5, 0.6) is 0 Å². The normalized spacial score (nSPS) is 17.5. The molecule has 1 fully saturated rings. The summed E-state index contributed by atoms with van der Waals surface area (Å²) in [6.07, 6.45) is 3.32. The number of piperazine rings is 1. The van der Waals surface area contributed by atoms with Crippen LogP contribution in [0, 0.1) is 5.82 Å². The van der Waals surface area contributed by atoms with Gasteiger partial charge in [-0.15, -0.1) is 0 Å². The molecule has 1 aliphatic heterocycles. The molecule has 28 heavy (non-hydrogen) atoms. The highest BCUT2D eigenvalue weighted by atomic mass is 19.1. The van der Waals surface area contributed by atoms with Gasteiger partial charge in [-0.1, -0.05) is 0 Å². The van der Waals surface area contributed by atoms with Crippen LogP contribution in [0.15, 0.2) is 58.0 Å². The summed E-state index contributed by atoms with van der Waals surface area (Å²) >= 11 is 0. The number of rotatable bonds is 2. The third-order valence-corrected chi connectivity index (χ3v) is 5.16. The topological polar surface area (TPSA) is 62.8 Å². The van der Waals surface area contributed by atoms with Crippen molar-refractivity contribution in [2.24, 2.45) is 0 Å². The van der Waals surface area contributed by atoms with Gasteiger partial charge in [-0.3, -0.25) is 0 Å². The molecule has 6 nitrogen and oxygen atoms in total. The number of nitrogens with zero attached hydrogens (tertiary/aromatic N) is 3. The van der Waals surface area contributed by atoms with Gasteiger partial charge in [-0.25, -0.2) is 14.2 Å². The molecular weight excluding hydrogens is 359 g/mol. The molecule has 0 saturated carbocycles. The van der Waals surface area contributed by atoms with Gasteiger partial charge in [0.05, 0.1) is 11.3 Å². The van der Waals surface area contributed by atoms with Gasteiger partial charge in [0.2, 0.25) is 0 Å². The Morgan fingerprint density at radius 1 is 1.29 bits per heavy atom. The quantitative estimate of drug-likeness (QED) is 0.543. The van der Waals surface area contributed by atoms with E-state index in [-0.39, 0.29) is 5.65 Å². The summed E-state index contributed by atoms with van der Waals surface area (Å²) in [7, 11) is 0. The standard InChI is InChI=1S/C21H19FN4O2/c1-13-11-25(8-6-23-13)15-5-4-14-9-16(21(27)28-19(14)10-15)18-12-26-7-2-3-17(22)20(26)24-18/h2-5,7,9-10,12-13,23H,6,8,11H2,1H3/t13-/m0/s1. The van der Waals surface area contributed by atoms with E-state index in [4.69, 9.17) is 4.42 Å². The minimum absolute atomic E-state index is 0.181. The minimum atomic E-state index is -0.484. The Morgan fingerprint density at radius 3 is 3.00 bits per heavy atom. The molecule has 1 aromatic carbocycles. The molecule has 142 valence electrons. The average Bonchev–Trinajstić information content (AvgIpc) is 3.12. The van der Waals surface area contributed by atoms with Crippen LogP contribution in [0.3, 0.4) is 0 Å². The van der Waals surface area contributed by atoms with E-state index in [1.807, 2.05) is 18.2 Å². The van der Waals surface area contributed by atoms with Crippen LogP contribution >= 0.6 is 0 Å². The summed E-state index contributed by atoms with van der Waals surface area (Å²) in [5, 5.41) is 4.22. The highest BCUT2D eigenvalue weighted by Gasteiger charge is 2.18. The summed E-state index contributed by atoms with van der Waals surface area (Å²) in [4.78, 5) is 19.1. The lowest BCUT2D eigenvalue weighted by molar-refractivity contribution is 0.484. The number of nitrogens with one attached hydrogen (secondary N) is 1. The lowest BCUT2D eigenvalue weighted by atomic mass is 10.1. The Balaban J connectivity index is 1.57. The maximum atomic E-state index is 13.9. The largest absolute Gasteiger partial charge is 0.422 e. The van der Waals surface area contributed by atoms with E-state index in [0.29, 0.717) is 22.9 Å². The molecule has 7 heteroatoms. The SMILES string of the molecule is C[C@H]1CN(c2ccc3cc(-c4cn5cccc(F)c5n4)c(=O)oc3c2)CCN1. The maximum absolute atomic E-state index is 13.9. The average molecular weight is 378 g/mol. The summed E-state index contributed by atoms with van der Waals surface area (Å²) in [5.74, 6) is -0.436. The zero-order valence-corrected chi connectivity index (χ0v) is 15.4. The number of pyridine rings is 1. The molecule has 0 aliphatic carbocycles. The van der Waals surface area contributed by atoms with Gasteiger partial charge in [0, 0.05) is 55.2 Å². The molecule has 0 amide bonds. The van der Waals surface area contributed by atoms with Crippen molar-refractivity contribution in [1.29, 1.82) is 0 Å². The molecule has 4 heterocycles. The molecule has 1 N–H and O–H groups in total. The first-order valence-electron chi connectivity index (χ1n) is 9.28. The fourth-order valence-corrected chi connectivity index (χ4v) is 3.75. The monoisotopic (exact) mass is 378 g/mol. The van der Waals surface area contributed by atoms with Gasteiger partial charge in [-0.2, -0.15) is 0 Å². The molecule has 4 aromatic rings. The first-order chi connectivity index (χ1) is 13.6. The van der Waals surface area contributed by atoms with Crippen LogP contribution in [-0.4, -0.2) is 35.1 Å². The van der Waals surface area contributed by atoms with Crippen molar-refractivity contribution in [1.82, 2.24) is 14.7 Å². The highest BCUT2D eigenvalue weighted by Crippen LogP contribution is 2.26. The van der Waals surface area contributed by atoms with E-state index in [1.54, 1.807) is 28.9 Å². The molecular formula is C21H19FN4O2. The first-order valence-corrected chi connectivity index (χ1v) is 9.28. The molecule has 0 radical (unpaired) electrons. The Hall–Kier alpha value is -3.19. The molecule has 1 aliphatic rings. The van der Waals surface area contributed by atoms with Crippen molar-refractivity contribution in [2.45, 2.75) is 13.0 Å². The number of benzene rings is 1. The van der Waals surface area contributed by atoms with E-state index < -0.39 is 11.4 Å². The third kappa shape index (κ3) is 2.84. The first kappa shape index (κ1) is 16.9. The van der Waals surface area contributed by atoms with Crippen molar-refractivity contribution in [3.05, 3.63) is 65.0 Å². The van der Waals surface area contributed by atoms with E-state index in [9.17, 15) is 9.18 Å². The predicted octanol–water partition coefficient (Wildman–Crippen LogP) is 3.04. The Labute approximate surface area is 160 Å². The zero-order chi connectivity index (χ0) is 19.3. The van der Waals surface area contributed by atoms with Crippen molar-refractivity contribution in [3.63, 3.8) is 0 Å². The molecule has 5 rings (SSSR count). The number of hydrogen-bond donors (Lipinski definition) is 1. The molecule has 1 saturated heterocycles. The second-order valence-corrected chi connectivity index (χ2v) is 7.18. The van der Waals surface area contributed by atoms with Crippen molar-refractivity contribution < 1.29 is 8.81 Å². The second-order valence-electron chi connectivity index (χ2n) is 7.18. The fraction of sp³-hybridized carbons (Fsp3) is 0.238. The maximum Gasteiger partial charge on any atom is 0.345 e. The predicted molar refractivity (Wildman–Crippen MR) is 106 cm³/mol. The number of hydrogen-bond acceptors (Lipinski definition) is 5. The van der Waals surface area contributed by atoms with Gasteiger partial charge in [0.15, 0.2) is 11.5 Å². The van der Waals surface area contributed by atoms with Crippen LogP contribution in [0.4, 0.5) is 10.1 Å². The smallest absolute Gasteiger partial charge is 0.345 e. The van der Waals surface area contributed by atoms with Gasteiger partial charge in [-0.05, 0) is 37.3 Å². The molecule has 1 atom stereocenters. The lowest BCUT2D eigenvalue weighted by Crippen LogP contribution is -2.49. The lowest BCUT2D eigenvalue weighted by Gasteiger charge is -2.33. The summed E-state index contributed by atoms with van der Waals surface area (Å²) in [6.45, 7) is 4.88. The van der Waals surface area contributed by atoms with E-state index in [2.05, 4.69) is 22.1 Å². The number of fused-ring (bicyclic) bond motifs is 2. The van der Waals surface area contributed by atoms with Crippen LogP contribution in [-0.2, 0) is 0 Å². The molecule has 0 bridgehead atoms. The van der Waals surface area contributed by atoms with E-state index >= 15 is 0 Å². The molecule has 0 spiro atoms. The van der Waals surface area contributed by atoms with E-state index in [1.165, 1.54) is 6.07 Å². The molecule has 0 unspecified atom stereocenters. The van der Waals surface area contributed by atoms with Gasteiger partial charge < -0.3 is 19.0 Å². The summed E-state index contributed by atoms with van der Waals surface area (Å²) in [5.41, 5.74) is 1.97. The third-order valence-electron chi connectivity index (χ3n) is 5.16. The Morgan fingerprint density at radius 2 is 2.18 bits per heavy atom. The zero-order valence-electron chi connectivity index (χ0n) is 15.4. The van der Waals surface area contributed by atoms with Crippen LogP contribution < -0.4 is 15.8 Å². The number of halogens is 1. The number of anilines is 1. The Kier molecular flexibility index (Phi) is 3.91. The van der Waals surface area contributed by atoms with Crippen LogP contribution in [0.25, 0.3) is 27.9 Å². The van der Waals surface area contributed by atoms with Gasteiger partial charge in [0.25, 0.3) is 0 Å². The summed E-state index contributed by atoms with van der Waals surface area (Å²) < 4.78 is 21.1.